The zero-order valence-corrected chi connectivity index (χ0v) is 26.1. The number of aromatic nitrogens is 2. The number of ether oxygens (including phenoxy) is 2. The molecule has 1 aromatic heterocycles. The number of fused-ring (bicyclic) bond motifs is 1. The molecule has 2 amide bonds. The molecule has 0 unspecified atom stereocenters. The Bertz CT molecular complexity index is 1470. The van der Waals surface area contributed by atoms with Crippen molar-refractivity contribution in [1.82, 2.24) is 14.9 Å². The van der Waals surface area contributed by atoms with Crippen LogP contribution in [0.15, 0.2) is 42.5 Å². The van der Waals surface area contributed by atoms with Crippen molar-refractivity contribution < 1.29 is 19.1 Å². The highest BCUT2D eigenvalue weighted by atomic mass is 16.5. The van der Waals surface area contributed by atoms with E-state index in [-0.39, 0.29) is 17.7 Å². The van der Waals surface area contributed by atoms with Crippen molar-refractivity contribution in [3.63, 3.8) is 0 Å². The number of likely N-dealkylation sites (tertiary alicyclic amines) is 1. The molecule has 6 rings (SSSR count). The maximum Gasteiger partial charge on any atom is 0.247 e. The van der Waals surface area contributed by atoms with Gasteiger partial charge < -0.3 is 29.5 Å². The second kappa shape index (κ2) is 13.5. The number of nitrogens with zero attached hydrogens (tertiary/aromatic N) is 5. The monoisotopic (exact) mass is 600 g/mol. The summed E-state index contributed by atoms with van der Waals surface area (Å²) in [7, 11) is 0. The van der Waals surface area contributed by atoms with Crippen molar-refractivity contribution in [2.75, 3.05) is 74.3 Å². The van der Waals surface area contributed by atoms with Crippen LogP contribution in [0.2, 0.25) is 0 Å². The van der Waals surface area contributed by atoms with Crippen molar-refractivity contribution in [2.45, 2.75) is 52.0 Å². The van der Waals surface area contributed by atoms with Crippen molar-refractivity contribution in [3.8, 4) is 0 Å². The summed E-state index contributed by atoms with van der Waals surface area (Å²) in [6.07, 6.45) is 2.47. The molecule has 1 N–H and O–H groups in total. The molecular weight excluding hydrogens is 556 g/mol. The predicted molar refractivity (Wildman–Crippen MR) is 172 cm³/mol. The van der Waals surface area contributed by atoms with E-state index >= 15 is 0 Å². The number of carbonyl (C=O) groups excluding carboxylic acids is 2. The third kappa shape index (κ3) is 6.66. The summed E-state index contributed by atoms with van der Waals surface area (Å²) in [6, 6.07) is 13.5. The van der Waals surface area contributed by atoms with E-state index in [1.165, 1.54) is 5.56 Å². The highest BCUT2D eigenvalue weighted by Gasteiger charge is 2.36. The van der Waals surface area contributed by atoms with Gasteiger partial charge in [0.25, 0.3) is 0 Å². The summed E-state index contributed by atoms with van der Waals surface area (Å²) >= 11 is 0. The van der Waals surface area contributed by atoms with Crippen molar-refractivity contribution >= 4 is 40.2 Å². The molecular formula is C34H44N6O4. The second-order valence-corrected chi connectivity index (χ2v) is 12.5. The summed E-state index contributed by atoms with van der Waals surface area (Å²) < 4.78 is 11.2. The third-order valence-electron chi connectivity index (χ3n) is 8.85. The van der Waals surface area contributed by atoms with E-state index in [1.54, 1.807) is 4.90 Å². The lowest BCUT2D eigenvalue weighted by atomic mass is 9.95. The van der Waals surface area contributed by atoms with Crippen LogP contribution in [-0.4, -0.2) is 91.9 Å². The van der Waals surface area contributed by atoms with Crippen LogP contribution in [0.1, 0.15) is 50.7 Å². The molecule has 3 aromatic rings. The molecule has 0 radical (unpaired) electrons. The van der Waals surface area contributed by atoms with Crippen LogP contribution in [0, 0.1) is 5.92 Å². The Morgan fingerprint density at radius 1 is 0.841 bits per heavy atom. The molecule has 4 heterocycles. The molecule has 234 valence electrons. The Hall–Kier alpha value is -3.76. The second-order valence-electron chi connectivity index (χ2n) is 12.5. The number of carbonyl (C=O) groups is 2. The van der Waals surface area contributed by atoms with Gasteiger partial charge in [-0.15, -0.1) is 0 Å². The van der Waals surface area contributed by atoms with Crippen LogP contribution in [0.4, 0.5) is 17.3 Å². The smallest absolute Gasteiger partial charge is 0.247 e. The van der Waals surface area contributed by atoms with Gasteiger partial charge in [-0.1, -0.05) is 38.1 Å². The van der Waals surface area contributed by atoms with E-state index in [2.05, 4.69) is 53.2 Å². The van der Waals surface area contributed by atoms with Gasteiger partial charge >= 0.3 is 0 Å². The Labute approximate surface area is 259 Å². The van der Waals surface area contributed by atoms with Gasteiger partial charge in [0.2, 0.25) is 11.8 Å². The summed E-state index contributed by atoms with van der Waals surface area (Å²) in [4.78, 5) is 43.5. The summed E-state index contributed by atoms with van der Waals surface area (Å²) in [5.74, 6) is 1.80. The minimum absolute atomic E-state index is 0.00515. The number of nitrogens with one attached hydrogen (secondary N) is 1. The minimum atomic E-state index is -0.500. The fourth-order valence-electron chi connectivity index (χ4n) is 6.42. The zero-order chi connectivity index (χ0) is 30.6. The lowest BCUT2D eigenvalue weighted by Gasteiger charge is -2.34. The molecule has 44 heavy (non-hydrogen) atoms. The van der Waals surface area contributed by atoms with Crippen LogP contribution >= 0.6 is 0 Å². The number of rotatable bonds is 8. The van der Waals surface area contributed by atoms with Crippen LogP contribution in [0.3, 0.4) is 0 Å². The first-order chi connectivity index (χ1) is 21.4. The maximum atomic E-state index is 13.6. The van der Waals surface area contributed by atoms with Gasteiger partial charge in [-0.25, -0.2) is 9.97 Å². The number of benzene rings is 2. The molecule has 2 aromatic carbocycles. The van der Waals surface area contributed by atoms with E-state index in [9.17, 15) is 9.59 Å². The third-order valence-corrected chi connectivity index (χ3v) is 8.85. The lowest BCUT2D eigenvalue weighted by molar-refractivity contribution is -0.137. The first-order valence-electron chi connectivity index (χ1n) is 16.0. The van der Waals surface area contributed by atoms with E-state index in [0.29, 0.717) is 51.0 Å². The van der Waals surface area contributed by atoms with Crippen LogP contribution in [0.25, 0.3) is 11.0 Å². The predicted octanol–water partition coefficient (Wildman–Crippen LogP) is 4.23. The Kier molecular flexibility index (Phi) is 9.28. The molecule has 0 bridgehead atoms. The SMILES string of the molecule is CC(C)Cc1ccc([C@H](C)C(=O)N2CCC[C@H]2C(=O)Nc2ccc3nc(N4CCOCC4)c(N4CCOCC4)nc3c2)cc1. The zero-order valence-electron chi connectivity index (χ0n) is 26.1. The van der Waals surface area contributed by atoms with Gasteiger partial charge in [-0.2, -0.15) is 0 Å². The molecule has 0 spiro atoms. The van der Waals surface area contributed by atoms with Gasteiger partial charge in [0.15, 0.2) is 11.6 Å². The van der Waals surface area contributed by atoms with Crippen molar-refractivity contribution in [2.24, 2.45) is 5.92 Å². The number of morpholine rings is 2. The molecule has 3 aliphatic rings. The van der Waals surface area contributed by atoms with Gasteiger partial charge in [0.05, 0.1) is 43.4 Å². The van der Waals surface area contributed by atoms with E-state index in [4.69, 9.17) is 19.4 Å². The molecule has 0 aliphatic carbocycles. The van der Waals surface area contributed by atoms with Crippen molar-refractivity contribution in [1.29, 1.82) is 0 Å². The van der Waals surface area contributed by atoms with E-state index in [0.717, 1.165) is 67.3 Å². The van der Waals surface area contributed by atoms with E-state index < -0.39 is 6.04 Å². The van der Waals surface area contributed by atoms with Gasteiger partial charge in [0, 0.05) is 38.4 Å². The standard InChI is InChI=1S/C34H44N6O4/c1-23(2)21-25-6-8-26(9-7-25)24(3)34(42)40-12-4-5-30(40)33(41)35-27-10-11-28-29(22-27)37-32(39-15-19-44-20-16-39)31(36-28)38-13-17-43-18-14-38/h6-11,22-24,30H,4-5,12-21H2,1-3H3,(H,35,41)/t24-,30-/m0/s1. The number of anilines is 3. The fraction of sp³-hybridized carbons (Fsp3) is 0.529. The highest BCUT2D eigenvalue weighted by molar-refractivity contribution is 5.99. The molecule has 3 fully saturated rings. The van der Waals surface area contributed by atoms with E-state index in [1.807, 2.05) is 25.1 Å². The number of hydrogen-bond acceptors (Lipinski definition) is 8. The molecule has 10 heteroatoms. The lowest BCUT2D eigenvalue weighted by Crippen LogP contribution is -2.44. The van der Waals surface area contributed by atoms with Gasteiger partial charge in [-0.3, -0.25) is 9.59 Å². The summed E-state index contributed by atoms with van der Waals surface area (Å²) in [5.41, 5.74) is 4.39. The first-order valence-corrected chi connectivity index (χ1v) is 16.0. The van der Waals surface area contributed by atoms with Crippen LogP contribution in [0.5, 0.6) is 0 Å². The Morgan fingerprint density at radius 2 is 1.45 bits per heavy atom. The summed E-state index contributed by atoms with van der Waals surface area (Å²) in [5, 5.41) is 3.08. The molecule has 2 atom stereocenters. The van der Waals surface area contributed by atoms with Gasteiger partial charge in [-0.05, 0) is 61.4 Å². The Morgan fingerprint density at radius 3 is 2.07 bits per heavy atom. The van der Waals surface area contributed by atoms with Crippen LogP contribution in [-0.2, 0) is 25.5 Å². The summed E-state index contributed by atoms with van der Waals surface area (Å²) in [6.45, 7) is 12.6. The van der Waals surface area contributed by atoms with Crippen LogP contribution < -0.4 is 15.1 Å². The topological polar surface area (TPSA) is 100 Å². The molecule has 3 aliphatic heterocycles. The number of amides is 2. The molecule has 3 saturated heterocycles. The Balaban J connectivity index is 1.18. The molecule has 0 saturated carbocycles. The normalized spacial score (nSPS) is 19.9. The van der Waals surface area contributed by atoms with Gasteiger partial charge in [0.1, 0.15) is 6.04 Å². The molecule has 10 nitrogen and oxygen atoms in total. The average Bonchev–Trinajstić information content (AvgIpc) is 3.55. The highest BCUT2D eigenvalue weighted by Crippen LogP contribution is 2.31. The quantitative estimate of drug-likeness (QED) is 0.410. The fourth-order valence-corrected chi connectivity index (χ4v) is 6.42. The van der Waals surface area contributed by atoms with Crippen molar-refractivity contribution in [3.05, 3.63) is 53.6 Å². The first kappa shape index (κ1) is 30.3. The largest absolute Gasteiger partial charge is 0.378 e. The number of hydrogen-bond donors (Lipinski definition) is 1. The average molecular weight is 601 g/mol. The maximum absolute atomic E-state index is 13.6. The minimum Gasteiger partial charge on any atom is -0.378 e.